The van der Waals surface area contributed by atoms with E-state index < -0.39 is 42.1 Å². The Hall–Kier alpha value is -4.41. The summed E-state index contributed by atoms with van der Waals surface area (Å²) < 4.78 is 5.07. The third-order valence-corrected chi connectivity index (χ3v) is 5.63. The number of anilines is 1. The largest absolute Gasteiger partial charge is 0.454 e. The number of ether oxygens (including phenoxy) is 1. The van der Waals surface area contributed by atoms with Crippen LogP contribution in [0.4, 0.5) is 5.69 Å². The van der Waals surface area contributed by atoms with Crippen molar-refractivity contribution in [1.82, 2.24) is 15.8 Å². The number of nitrogens with one attached hydrogen (secondary N) is 2. The van der Waals surface area contributed by atoms with Gasteiger partial charge in [0.05, 0.1) is 28.3 Å². The summed E-state index contributed by atoms with van der Waals surface area (Å²) in [5, 5.41) is 0.257. The lowest BCUT2D eigenvalue weighted by atomic mass is 10.1. The number of benzene rings is 2. The number of Topliss-reactive ketones (excluding diaryl/α,β-unsaturated/α-hetero) is 1. The monoisotopic (exact) mass is 506 g/mol. The van der Waals surface area contributed by atoms with Crippen molar-refractivity contribution >= 4 is 46.8 Å². The summed E-state index contributed by atoms with van der Waals surface area (Å²) in [5.41, 5.74) is 5.89. The molecule has 1 unspecified atom stereocenters. The van der Waals surface area contributed by atoms with Crippen LogP contribution in [0.15, 0.2) is 73.1 Å². The molecule has 1 atom stereocenters. The number of hydrogen-bond acceptors (Lipinski definition) is 8. The van der Waals surface area contributed by atoms with E-state index in [4.69, 9.17) is 16.3 Å². The maximum absolute atomic E-state index is 12.8. The van der Waals surface area contributed by atoms with Gasteiger partial charge in [-0.15, -0.1) is 0 Å². The second kappa shape index (κ2) is 10.9. The zero-order valence-corrected chi connectivity index (χ0v) is 19.4. The Kier molecular flexibility index (Phi) is 7.47. The molecule has 0 saturated carbocycles. The molecule has 3 amide bonds. The van der Waals surface area contributed by atoms with E-state index in [0.29, 0.717) is 0 Å². The van der Waals surface area contributed by atoms with Crippen LogP contribution in [0.5, 0.6) is 0 Å². The van der Waals surface area contributed by atoms with Gasteiger partial charge < -0.3 is 4.74 Å². The number of pyridine rings is 1. The molecule has 1 saturated heterocycles. The van der Waals surface area contributed by atoms with E-state index >= 15 is 0 Å². The number of rotatable bonds is 8. The van der Waals surface area contributed by atoms with Gasteiger partial charge in [-0.3, -0.25) is 29.6 Å². The number of aromatic nitrogens is 1. The van der Waals surface area contributed by atoms with Gasteiger partial charge in [-0.1, -0.05) is 23.7 Å². The molecule has 2 N–H and O–H groups in total. The minimum absolute atomic E-state index is 0.128. The molecule has 36 heavy (non-hydrogen) atoms. The number of hydrogen-bond donors (Lipinski definition) is 2. The molecule has 0 radical (unpaired) electrons. The van der Waals surface area contributed by atoms with E-state index in [0.717, 1.165) is 4.90 Å². The Balaban J connectivity index is 1.34. The van der Waals surface area contributed by atoms with Crippen LogP contribution in [-0.2, 0) is 14.3 Å². The van der Waals surface area contributed by atoms with Crippen LogP contribution in [0.25, 0.3) is 0 Å². The maximum Gasteiger partial charge on any atom is 0.338 e. The SMILES string of the molecule is O=C(NNC1CC(=O)N(c2ccc(C(=O)OCC(=O)c3ccccc3Cl)cc2)C1=O)c1cccnc1. The summed E-state index contributed by atoms with van der Waals surface area (Å²) in [6.07, 6.45) is 2.72. The molecule has 10 nitrogen and oxygen atoms in total. The first-order chi connectivity index (χ1) is 17.3. The van der Waals surface area contributed by atoms with Crippen LogP contribution in [-0.4, -0.2) is 47.1 Å². The average Bonchev–Trinajstić information content (AvgIpc) is 3.19. The molecule has 1 aliphatic heterocycles. The molecule has 3 aromatic rings. The molecule has 0 spiro atoms. The van der Waals surface area contributed by atoms with Crippen molar-refractivity contribution in [1.29, 1.82) is 0 Å². The van der Waals surface area contributed by atoms with Gasteiger partial charge in [0, 0.05) is 18.0 Å². The highest BCUT2D eigenvalue weighted by molar-refractivity contribution is 6.34. The summed E-state index contributed by atoms with van der Waals surface area (Å²) in [5.74, 6) is -2.75. The highest BCUT2D eigenvalue weighted by Gasteiger charge is 2.39. The van der Waals surface area contributed by atoms with Crippen LogP contribution in [0.3, 0.4) is 0 Å². The van der Waals surface area contributed by atoms with Gasteiger partial charge in [0.15, 0.2) is 6.61 Å². The zero-order valence-electron chi connectivity index (χ0n) is 18.6. The highest BCUT2D eigenvalue weighted by Crippen LogP contribution is 2.23. The van der Waals surface area contributed by atoms with E-state index in [1.165, 1.54) is 42.7 Å². The Labute approximate surface area is 210 Å². The predicted octanol–water partition coefficient (Wildman–Crippen LogP) is 2.34. The average molecular weight is 507 g/mol. The van der Waals surface area contributed by atoms with Crippen molar-refractivity contribution in [2.45, 2.75) is 12.5 Å². The van der Waals surface area contributed by atoms with Crippen molar-refractivity contribution in [3.8, 4) is 0 Å². The minimum Gasteiger partial charge on any atom is -0.454 e. The van der Waals surface area contributed by atoms with Gasteiger partial charge in [0.1, 0.15) is 6.04 Å². The maximum atomic E-state index is 12.8. The fourth-order valence-corrected chi connectivity index (χ4v) is 3.71. The molecule has 0 aliphatic carbocycles. The molecular formula is C25H19ClN4O6. The van der Waals surface area contributed by atoms with E-state index in [2.05, 4.69) is 15.8 Å². The molecule has 1 aliphatic rings. The molecule has 4 rings (SSSR count). The Bertz CT molecular complexity index is 1330. The second-order valence-corrected chi connectivity index (χ2v) is 8.10. The molecule has 11 heteroatoms. The smallest absolute Gasteiger partial charge is 0.338 e. The van der Waals surface area contributed by atoms with Gasteiger partial charge in [-0.25, -0.2) is 15.1 Å². The van der Waals surface area contributed by atoms with E-state index in [1.54, 1.807) is 30.3 Å². The molecule has 1 fully saturated rings. The van der Waals surface area contributed by atoms with Crippen LogP contribution < -0.4 is 15.8 Å². The van der Waals surface area contributed by atoms with E-state index in [-0.39, 0.29) is 33.8 Å². The van der Waals surface area contributed by atoms with Crippen molar-refractivity contribution in [2.75, 3.05) is 11.5 Å². The standard InChI is InChI=1S/C25H19ClN4O6/c26-19-6-2-1-5-18(19)21(31)14-36-25(35)15-7-9-17(10-8-15)30-22(32)12-20(24(30)34)28-29-23(33)16-4-3-11-27-13-16/h1-11,13,20,28H,12,14H2,(H,29,33). The first kappa shape index (κ1) is 24.7. The summed E-state index contributed by atoms with van der Waals surface area (Å²) >= 11 is 5.98. The molecular weight excluding hydrogens is 488 g/mol. The first-order valence-corrected chi connectivity index (χ1v) is 11.1. The number of ketones is 1. The summed E-state index contributed by atoms with van der Waals surface area (Å²) in [6, 6.07) is 14.2. The molecule has 2 aromatic carbocycles. The van der Waals surface area contributed by atoms with Gasteiger partial charge in [-0.2, -0.15) is 0 Å². The number of carbonyl (C=O) groups is 5. The lowest BCUT2D eigenvalue weighted by Gasteiger charge is -2.16. The quantitative estimate of drug-likeness (QED) is 0.206. The van der Waals surface area contributed by atoms with Crippen LogP contribution in [0.1, 0.15) is 37.5 Å². The van der Waals surface area contributed by atoms with Crippen LogP contribution >= 0.6 is 11.6 Å². The fraction of sp³-hybridized carbons (Fsp3) is 0.120. The fourth-order valence-electron chi connectivity index (χ4n) is 3.46. The molecule has 182 valence electrons. The number of amides is 3. The Morgan fingerprint density at radius 2 is 1.75 bits per heavy atom. The van der Waals surface area contributed by atoms with Gasteiger partial charge in [0.2, 0.25) is 11.7 Å². The number of imide groups is 1. The zero-order chi connectivity index (χ0) is 25.7. The number of halogens is 1. The highest BCUT2D eigenvalue weighted by atomic mass is 35.5. The minimum atomic E-state index is -0.960. The first-order valence-electron chi connectivity index (χ1n) is 10.7. The lowest BCUT2D eigenvalue weighted by molar-refractivity contribution is -0.121. The van der Waals surface area contributed by atoms with E-state index in [1.807, 2.05) is 0 Å². The van der Waals surface area contributed by atoms with Crippen molar-refractivity contribution in [3.63, 3.8) is 0 Å². The summed E-state index contributed by atoms with van der Waals surface area (Å²) in [6.45, 7) is -0.495. The number of carbonyl (C=O) groups excluding carboxylic acids is 5. The van der Waals surface area contributed by atoms with Gasteiger partial charge in [0.25, 0.3) is 11.8 Å². The van der Waals surface area contributed by atoms with E-state index in [9.17, 15) is 24.0 Å². The van der Waals surface area contributed by atoms with Gasteiger partial charge in [-0.05, 0) is 48.5 Å². The van der Waals surface area contributed by atoms with Crippen molar-refractivity contribution < 1.29 is 28.7 Å². The third kappa shape index (κ3) is 5.45. The third-order valence-electron chi connectivity index (χ3n) is 5.30. The topological polar surface area (TPSA) is 135 Å². The van der Waals surface area contributed by atoms with Crippen LogP contribution in [0.2, 0.25) is 5.02 Å². The number of hydrazine groups is 1. The van der Waals surface area contributed by atoms with Crippen molar-refractivity contribution in [3.05, 3.63) is 94.8 Å². The predicted molar refractivity (Wildman–Crippen MR) is 128 cm³/mol. The normalized spacial score (nSPS) is 15.0. The summed E-state index contributed by atoms with van der Waals surface area (Å²) in [4.78, 5) is 66.7. The molecule has 2 heterocycles. The number of esters is 1. The molecule has 1 aromatic heterocycles. The van der Waals surface area contributed by atoms with Crippen LogP contribution in [0, 0.1) is 0 Å². The Morgan fingerprint density at radius 1 is 1.00 bits per heavy atom. The summed E-state index contributed by atoms with van der Waals surface area (Å²) in [7, 11) is 0. The van der Waals surface area contributed by atoms with Gasteiger partial charge >= 0.3 is 5.97 Å². The van der Waals surface area contributed by atoms with Crippen molar-refractivity contribution in [2.24, 2.45) is 0 Å². The Morgan fingerprint density at radius 3 is 2.44 bits per heavy atom. The molecule has 0 bridgehead atoms. The lowest BCUT2D eigenvalue weighted by Crippen LogP contribution is -2.48. The second-order valence-electron chi connectivity index (χ2n) is 7.69. The number of nitrogens with zero attached hydrogens (tertiary/aromatic N) is 2.